The number of halogens is 3. The molecule has 3 fully saturated rings. The van der Waals surface area contributed by atoms with E-state index in [0.29, 0.717) is 24.7 Å². The second-order valence-corrected chi connectivity index (χ2v) is 11.4. The Labute approximate surface area is 204 Å². The number of benzene rings is 1. The topological polar surface area (TPSA) is 9.23 Å². The average Bonchev–Trinajstić information content (AvgIpc) is 2.85. The fraction of sp³-hybridized carbons (Fsp3) is 0.733. The van der Waals surface area contributed by atoms with Crippen LogP contribution >= 0.6 is 0 Å². The number of rotatable bonds is 8. The molecule has 1 nitrogen and oxygen atoms in total. The summed E-state index contributed by atoms with van der Waals surface area (Å²) in [6.07, 6.45) is 18.0. The molecular weight excluding hydrogens is 433 g/mol. The lowest BCUT2D eigenvalue weighted by atomic mass is 9.68. The SMILES string of the molecule is CCCC1CCC(C2CCC(/C=C/C3CCC(C(F)(F)Oc4ccc(F)cc4)CC3)CC2)CC1. The molecule has 3 aliphatic rings. The fourth-order valence-corrected chi connectivity index (χ4v) is 6.87. The van der Waals surface area contributed by atoms with Gasteiger partial charge in [-0.3, -0.25) is 0 Å². The van der Waals surface area contributed by atoms with Crippen LogP contribution in [0.4, 0.5) is 13.2 Å². The molecule has 3 aliphatic carbocycles. The second kappa shape index (κ2) is 12.0. The molecule has 4 rings (SSSR count). The minimum absolute atomic E-state index is 0.0259. The molecule has 0 atom stereocenters. The van der Waals surface area contributed by atoms with Gasteiger partial charge in [-0.2, -0.15) is 8.78 Å². The van der Waals surface area contributed by atoms with E-state index in [9.17, 15) is 13.2 Å². The monoisotopic (exact) mass is 476 g/mol. The third-order valence-electron chi connectivity index (χ3n) is 9.04. The van der Waals surface area contributed by atoms with Crippen LogP contribution in [0.5, 0.6) is 5.75 Å². The fourth-order valence-electron chi connectivity index (χ4n) is 6.87. The molecule has 0 spiro atoms. The Hall–Kier alpha value is -1.45. The molecular formula is C30H43F3O. The van der Waals surface area contributed by atoms with E-state index >= 15 is 0 Å². The van der Waals surface area contributed by atoms with E-state index in [1.54, 1.807) is 0 Å². The van der Waals surface area contributed by atoms with Gasteiger partial charge in [-0.15, -0.1) is 0 Å². The third-order valence-corrected chi connectivity index (χ3v) is 9.04. The second-order valence-electron chi connectivity index (χ2n) is 11.4. The molecule has 0 saturated heterocycles. The van der Waals surface area contributed by atoms with Crippen molar-refractivity contribution in [3.8, 4) is 5.75 Å². The van der Waals surface area contributed by atoms with Gasteiger partial charge in [-0.05, 0) is 118 Å². The van der Waals surface area contributed by atoms with Gasteiger partial charge < -0.3 is 4.74 Å². The maximum absolute atomic E-state index is 14.6. The summed E-state index contributed by atoms with van der Waals surface area (Å²) in [4.78, 5) is 0. The van der Waals surface area contributed by atoms with E-state index in [1.807, 2.05) is 0 Å². The Morgan fingerprint density at radius 1 is 0.765 bits per heavy atom. The molecule has 0 N–H and O–H groups in total. The molecule has 34 heavy (non-hydrogen) atoms. The summed E-state index contributed by atoms with van der Waals surface area (Å²) in [7, 11) is 0. The lowest BCUT2D eigenvalue weighted by Crippen LogP contribution is -2.37. The van der Waals surface area contributed by atoms with Crippen molar-refractivity contribution >= 4 is 0 Å². The van der Waals surface area contributed by atoms with Gasteiger partial charge in [0.05, 0.1) is 5.92 Å². The Kier molecular flexibility index (Phi) is 9.04. The van der Waals surface area contributed by atoms with Gasteiger partial charge in [0.1, 0.15) is 11.6 Å². The highest BCUT2D eigenvalue weighted by Gasteiger charge is 2.43. The van der Waals surface area contributed by atoms with E-state index in [2.05, 4.69) is 19.1 Å². The molecule has 0 amide bonds. The van der Waals surface area contributed by atoms with Crippen molar-refractivity contribution in [2.24, 2.45) is 35.5 Å². The van der Waals surface area contributed by atoms with Crippen LogP contribution in [0.15, 0.2) is 36.4 Å². The van der Waals surface area contributed by atoms with Gasteiger partial charge >= 0.3 is 6.11 Å². The molecule has 0 heterocycles. The highest BCUT2D eigenvalue weighted by atomic mass is 19.3. The zero-order chi connectivity index (χ0) is 24.0. The standard InChI is InChI=1S/C30H43F3O/c1-2-3-22-6-12-25(13-7-22)26-14-8-23(9-15-26)4-5-24-10-16-27(17-11-24)30(32,33)34-29-20-18-28(31)19-21-29/h4-5,18-27H,2-3,6-17H2,1H3/b5-4+. The molecule has 0 aliphatic heterocycles. The van der Waals surface area contributed by atoms with Crippen LogP contribution in [0.2, 0.25) is 0 Å². The number of hydrogen-bond donors (Lipinski definition) is 0. The maximum atomic E-state index is 14.6. The van der Waals surface area contributed by atoms with Gasteiger partial charge in [-0.25, -0.2) is 4.39 Å². The number of allylic oxidation sites excluding steroid dienone is 2. The summed E-state index contributed by atoms with van der Waals surface area (Å²) < 4.78 is 47.2. The van der Waals surface area contributed by atoms with Crippen molar-refractivity contribution in [3.63, 3.8) is 0 Å². The number of hydrogen-bond acceptors (Lipinski definition) is 1. The lowest BCUT2D eigenvalue weighted by molar-refractivity contribution is -0.223. The summed E-state index contributed by atoms with van der Waals surface area (Å²) in [5, 5.41) is 0. The van der Waals surface area contributed by atoms with E-state index in [4.69, 9.17) is 4.74 Å². The zero-order valence-corrected chi connectivity index (χ0v) is 20.9. The normalized spacial score (nSPS) is 33.2. The molecule has 0 bridgehead atoms. The summed E-state index contributed by atoms with van der Waals surface area (Å²) in [6.45, 7) is 2.31. The van der Waals surface area contributed by atoms with Crippen LogP contribution in [0, 0.1) is 41.3 Å². The molecule has 0 radical (unpaired) electrons. The quantitative estimate of drug-likeness (QED) is 0.339. The molecule has 3 saturated carbocycles. The summed E-state index contributed by atoms with van der Waals surface area (Å²) >= 11 is 0. The van der Waals surface area contributed by atoms with Crippen LogP contribution in [-0.2, 0) is 0 Å². The molecule has 0 unspecified atom stereocenters. The largest absolute Gasteiger partial charge is 0.432 e. The first kappa shape index (κ1) is 25.6. The summed E-state index contributed by atoms with van der Waals surface area (Å²) in [5.74, 6) is 2.77. The number of ether oxygens (including phenoxy) is 1. The van der Waals surface area contributed by atoms with Crippen LogP contribution < -0.4 is 4.74 Å². The van der Waals surface area contributed by atoms with Crippen LogP contribution in [0.3, 0.4) is 0 Å². The average molecular weight is 477 g/mol. The Balaban J connectivity index is 1.16. The summed E-state index contributed by atoms with van der Waals surface area (Å²) in [5.41, 5.74) is 0. The predicted molar refractivity (Wildman–Crippen MR) is 132 cm³/mol. The van der Waals surface area contributed by atoms with Crippen LogP contribution in [0.25, 0.3) is 0 Å². The number of alkyl halides is 2. The third kappa shape index (κ3) is 7.04. The van der Waals surface area contributed by atoms with Crippen molar-refractivity contribution in [2.75, 3.05) is 0 Å². The van der Waals surface area contributed by atoms with Gasteiger partial charge in [0.15, 0.2) is 0 Å². The van der Waals surface area contributed by atoms with Gasteiger partial charge in [0.2, 0.25) is 0 Å². The Morgan fingerprint density at radius 2 is 1.26 bits per heavy atom. The van der Waals surface area contributed by atoms with Crippen molar-refractivity contribution < 1.29 is 17.9 Å². The molecule has 1 aromatic carbocycles. The van der Waals surface area contributed by atoms with Gasteiger partial charge in [-0.1, -0.05) is 44.8 Å². The molecule has 0 aromatic heterocycles. The van der Waals surface area contributed by atoms with Crippen molar-refractivity contribution in [2.45, 2.75) is 103 Å². The maximum Gasteiger partial charge on any atom is 0.400 e. The first-order chi connectivity index (χ1) is 16.4. The smallest absolute Gasteiger partial charge is 0.400 e. The van der Waals surface area contributed by atoms with Crippen molar-refractivity contribution in [1.29, 1.82) is 0 Å². The first-order valence-corrected chi connectivity index (χ1v) is 13.9. The van der Waals surface area contributed by atoms with E-state index < -0.39 is 17.8 Å². The van der Waals surface area contributed by atoms with Crippen LogP contribution in [-0.4, -0.2) is 6.11 Å². The minimum Gasteiger partial charge on any atom is -0.432 e. The highest BCUT2D eigenvalue weighted by Crippen LogP contribution is 2.43. The Bertz CT molecular complexity index is 750. The molecule has 1 aromatic rings. The van der Waals surface area contributed by atoms with Gasteiger partial charge in [0.25, 0.3) is 0 Å². The van der Waals surface area contributed by atoms with E-state index in [0.717, 1.165) is 42.7 Å². The van der Waals surface area contributed by atoms with E-state index in [1.165, 1.54) is 76.3 Å². The Morgan fingerprint density at radius 3 is 1.79 bits per heavy atom. The van der Waals surface area contributed by atoms with E-state index in [-0.39, 0.29) is 5.75 Å². The minimum atomic E-state index is -3.21. The zero-order valence-electron chi connectivity index (χ0n) is 20.9. The molecule has 4 heteroatoms. The highest BCUT2D eigenvalue weighted by molar-refractivity contribution is 5.22. The predicted octanol–water partition coefficient (Wildman–Crippen LogP) is 9.57. The summed E-state index contributed by atoms with van der Waals surface area (Å²) in [6, 6.07) is 4.84. The van der Waals surface area contributed by atoms with Crippen molar-refractivity contribution in [3.05, 3.63) is 42.2 Å². The first-order valence-electron chi connectivity index (χ1n) is 13.9. The van der Waals surface area contributed by atoms with Gasteiger partial charge in [0, 0.05) is 0 Å². The molecule has 190 valence electrons. The van der Waals surface area contributed by atoms with Crippen LogP contribution in [0.1, 0.15) is 96.8 Å². The van der Waals surface area contributed by atoms with Crippen molar-refractivity contribution in [1.82, 2.24) is 0 Å². The lowest BCUT2D eigenvalue weighted by Gasteiger charge is -2.37.